The molecule has 0 saturated carbocycles. The van der Waals surface area contributed by atoms with Gasteiger partial charge in [0.2, 0.25) is 0 Å². The molecule has 1 aromatic rings. The zero-order valence-electron chi connectivity index (χ0n) is 17.4. The Morgan fingerprint density at radius 3 is 2.52 bits per heavy atom. The maximum Gasteiger partial charge on any atom is 0.387 e. The molecule has 2 fully saturated rings. The summed E-state index contributed by atoms with van der Waals surface area (Å²) in [5, 5.41) is 7.65. The first-order valence-electron chi connectivity index (χ1n) is 10.5. The van der Waals surface area contributed by atoms with Gasteiger partial charge in [0.1, 0.15) is 12.4 Å². The molecular weight excluding hydrogens is 408 g/mol. The summed E-state index contributed by atoms with van der Waals surface area (Å²) in [7, 11) is 0. The summed E-state index contributed by atoms with van der Waals surface area (Å²) >= 11 is 0. The van der Waals surface area contributed by atoms with Gasteiger partial charge in [0.25, 0.3) is 0 Å². The van der Waals surface area contributed by atoms with E-state index in [1.54, 1.807) is 12.1 Å². The molecule has 4 rings (SSSR count). The summed E-state index contributed by atoms with van der Waals surface area (Å²) < 4.78 is 29.0. The van der Waals surface area contributed by atoms with Crippen LogP contribution in [0.15, 0.2) is 36.7 Å². The van der Waals surface area contributed by atoms with Gasteiger partial charge in [-0.25, -0.2) is 9.80 Å². The molecule has 11 heteroatoms. The summed E-state index contributed by atoms with van der Waals surface area (Å²) in [6.07, 6.45) is 3.94. The van der Waals surface area contributed by atoms with Crippen LogP contribution in [0.1, 0.15) is 0 Å². The van der Waals surface area contributed by atoms with Crippen molar-refractivity contribution in [2.45, 2.75) is 12.7 Å². The van der Waals surface area contributed by atoms with Gasteiger partial charge in [-0.15, -0.1) is 0 Å². The number of carbonyl (C=O) groups is 1. The Bertz CT molecular complexity index is 771. The van der Waals surface area contributed by atoms with E-state index >= 15 is 0 Å². The van der Waals surface area contributed by atoms with Crippen LogP contribution < -0.4 is 20.7 Å². The van der Waals surface area contributed by atoms with E-state index in [0.29, 0.717) is 39.4 Å². The molecule has 0 aliphatic carbocycles. The zero-order valence-corrected chi connectivity index (χ0v) is 17.4. The lowest BCUT2D eigenvalue weighted by Crippen LogP contribution is -2.61. The third-order valence-corrected chi connectivity index (χ3v) is 5.81. The minimum absolute atomic E-state index is 0.0873. The third kappa shape index (κ3) is 5.17. The molecule has 1 atom stereocenters. The standard InChI is InChI=1S/C20H29F2N7O2/c21-19(22)31-18-3-1-17(2-4-18)27-9-12-29(15-27)28-10-7-25(8-11-28)20(30)26-6-5-24-16(13-23)14-26/h1-4,9,12,16,19,24H,5-8,10-11,13-15,23H2. The van der Waals surface area contributed by atoms with E-state index < -0.39 is 6.61 Å². The fraction of sp³-hybridized carbons (Fsp3) is 0.550. The van der Waals surface area contributed by atoms with E-state index in [0.717, 1.165) is 25.3 Å². The summed E-state index contributed by atoms with van der Waals surface area (Å²) in [5.74, 6) is 0.141. The number of ether oxygens (including phenoxy) is 1. The predicted molar refractivity (Wildman–Crippen MR) is 112 cm³/mol. The van der Waals surface area contributed by atoms with E-state index in [1.807, 2.05) is 27.1 Å². The highest BCUT2D eigenvalue weighted by Crippen LogP contribution is 2.24. The maximum atomic E-state index is 12.8. The van der Waals surface area contributed by atoms with Crippen LogP contribution in [0.4, 0.5) is 19.3 Å². The Morgan fingerprint density at radius 1 is 1.10 bits per heavy atom. The van der Waals surface area contributed by atoms with Crippen LogP contribution in [0.3, 0.4) is 0 Å². The van der Waals surface area contributed by atoms with Crippen molar-refractivity contribution in [3.05, 3.63) is 36.7 Å². The number of rotatable bonds is 5. The summed E-state index contributed by atoms with van der Waals surface area (Å²) in [4.78, 5) is 18.7. The molecule has 0 radical (unpaired) electrons. The summed E-state index contributed by atoms with van der Waals surface area (Å²) in [6.45, 7) is 3.29. The van der Waals surface area contributed by atoms with Crippen LogP contribution >= 0.6 is 0 Å². The number of halogens is 2. The Morgan fingerprint density at radius 2 is 1.84 bits per heavy atom. The van der Waals surface area contributed by atoms with Crippen molar-refractivity contribution >= 4 is 11.7 Å². The second kappa shape index (κ2) is 9.67. The lowest BCUT2D eigenvalue weighted by atomic mass is 10.2. The number of hydrogen-bond donors (Lipinski definition) is 2. The molecule has 3 heterocycles. The van der Waals surface area contributed by atoms with Crippen molar-refractivity contribution in [1.82, 2.24) is 25.1 Å². The Labute approximate surface area is 180 Å². The number of hydrazine groups is 1. The molecule has 2 saturated heterocycles. The van der Waals surface area contributed by atoms with Crippen LogP contribution in [0, 0.1) is 0 Å². The van der Waals surface area contributed by atoms with Gasteiger partial charge in [-0.3, -0.25) is 5.01 Å². The molecule has 3 aliphatic rings. The maximum absolute atomic E-state index is 12.8. The minimum atomic E-state index is -2.83. The number of hydrogen-bond acceptors (Lipinski definition) is 7. The minimum Gasteiger partial charge on any atom is -0.435 e. The number of urea groups is 1. The third-order valence-electron chi connectivity index (χ3n) is 5.81. The molecule has 0 spiro atoms. The van der Waals surface area contributed by atoms with Gasteiger partial charge < -0.3 is 30.5 Å². The van der Waals surface area contributed by atoms with E-state index in [2.05, 4.69) is 20.1 Å². The SMILES string of the molecule is NCC1CN(C(=O)N2CCN(N3C=CN(c4ccc(OC(F)F)cc4)C3)CC2)CCN1. The van der Waals surface area contributed by atoms with Gasteiger partial charge in [0.05, 0.1) is 0 Å². The molecule has 3 aliphatic heterocycles. The van der Waals surface area contributed by atoms with Crippen molar-refractivity contribution in [2.24, 2.45) is 5.73 Å². The summed E-state index contributed by atoms with van der Waals surface area (Å²) in [5.41, 5.74) is 6.63. The number of alkyl halides is 2. The smallest absolute Gasteiger partial charge is 0.387 e. The van der Waals surface area contributed by atoms with E-state index in [9.17, 15) is 13.6 Å². The molecule has 31 heavy (non-hydrogen) atoms. The van der Waals surface area contributed by atoms with Gasteiger partial charge in [0.15, 0.2) is 0 Å². The monoisotopic (exact) mass is 437 g/mol. The van der Waals surface area contributed by atoms with Crippen molar-refractivity contribution in [2.75, 3.05) is 63.9 Å². The second-order valence-corrected chi connectivity index (χ2v) is 7.78. The van der Waals surface area contributed by atoms with Gasteiger partial charge in [0, 0.05) is 76.5 Å². The molecule has 1 unspecified atom stereocenters. The highest BCUT2D eigenvalue weighted by Gasteiger charge is 2.30. The van der Waals surface area contributed by atoms with E-state index in [1.165, 1.54) is 12.1 Å². The highest BCUT2D eigenvalue weighted by molar-refractivity contribution is 5.74. The average Bonchev–Trinajstić information content (AvgIpc) is 3.29. The predicted octanol–water partition coefficient (Wildman–Crippen LogP) is 0.724. The molecule has 170 valence electrons. The second-order valence-electron chi connectivity index (χ2n) is 7.78. The fourth-order valence-corrected chi connectivity index (χ4v) is 4.08. The number of carbonyl (C=O) groups excluding carboxylic acids is 1. The van der Waals surface area contributed by atoms with E-state index in [-0.39, 0.29) is 17.8 Å². The number of nitrogens with two attached hydrogens (primary N) is 1. The molecule has 0 bridgehead atoms. The first kappa shape index (κ1) is 21.6. The fourth-order valence-electron chi connectivity index (χ4n) is 4.08. The number of nitrogens with zero attached hydrogens (tertiary/aromatic N) is 5. The van der Waals surface area contributed by atoms with Crippen LogP contribution in [0.5, 0.6) is 5.75 Å². The van der Waals surface area contributed by atoms with Gasteiger partial charge in [-0.1, -0.05) is 0 Å². The Hall–Kier alpha value is -2.63. The molecule has 2 amide bonds. The highest BCUT2D eigenvalue weighted by atomic mass is 19.3. The first-order chi connectivity index (χ1) is 15.0. The Balaban J connectivity index is 1.25. The summed E-state index contributed by atoms with van der Waals surface area (Å²) in [6, 6.07) is 6.83. The van der Waals surface area contributed by atoms with Gasteiger partial charge >= 0.3 is 12.6 Å². The van der Waals surface area contributed by atoms with Crippen molar-refractivity contribution in [3.8, 4) is 5.75 Å². The van der Waals surface area contributed by atoms with Crippen LogP contribution in [0.25, 0.3) is 0 Å². The van der Waals surface area contributed by atoms with Crippen molar-refractivity contribution in [3.63, 3.8) is 0 Å². The molecule has 1 aromatic carbocycles. The molecule has 0 aromatic heterocycles. The average molecular weight is 437 g/mol. The molecule has 3 N–H and O–H groups in total. The van der Waals surface area contributed by atoms with Crippen molar-refractivity contribution < 1.29 is 18.3 Å². The number of piperazine rings is 2. The normalized spacial score (nSPS) is 22.5. The topological polar surface area (TPSA) is 80.6 Å². The van der Waals surface area contributed by atoms with Crippen LogP contribution in [0.2, 0.25) is 0 Å². The quantitative estimate of drug-likeness (QED) is 0.703. The van der Waals surface area contributed by atoms with Gasteiger partial charge in [-0.05, 0) is 24.3 Å². The Kier molecular flexibility index (Phi) is 6.73. The lowest BCUT2D eigenvalue weighted by molar-refractivity contribution is -0.0498. The zero-order chi connectivity index (χ0) is 21.8. The van der Waals surface area contributed by atoms with Crippen LogP contribution in [-0.2, 0) is 0 Å². The number of amides is 2. The van der Waals surface area contributed by atoms with Crippen LogP contribution in [-0.4, -0.2) is 97.5 Å². The first-order valence-corrected chi connectivity index (χ1v) is 10.5. The number of nitrogens with one attached hydrogen (secondary N) is 1. The lowest BCUT2D eigenvalue weighted by Gasteiger charge is -2.42. The number of benzene rings is 1. The number of anilines is 1. The van der Waals surface area contributed by atoms with Crippen molar-refractivity contribution in [1.29, 1.82) is 0 Å². The molecular formula is C20H29F2N7O2. The van der Waals surface area contributed by atoms with E-state index in [4.69, 9.17) is 5.73 Å². The largest absolute Gasteiger partial charge is 0.435 e. The van der Waals surface area contributed by atoms with Gasteiger partial charge in [-0.2, -0.15) is 8.78 Å². The molecule has 9 nitrogen and oxygen atoms in total.